The predicted octanol–water partition coefficient (Wildman–Crippen LogP) is 3.37. The van der Waals surface area contributed by atoms with Crippen molar-refractivity contribution in [1.29, 1.82) is 0 Å². The zero-order valence-electron chi connectivity index (χ0n) is 13.7. The minimum atomic E-state index is -0.673. The van der Waals surface area contributed by atoms with Gasteiger partial charge in [-0.1, -0.05) is 12.1 Å². The number of nitrogens with zero attached hydrogens (tertiary/aromatic N) is 2. The van der Waals surface area contributed by atoms with Gasteiger partial charge in [0.15, 0.2) is 11.6 Å². The van der Waals surface area contributed by atoms with Crippen LogP contribution in [0.25, 0.3) is 0 Å². The molecular formula is C19H16F2N4O. The van der Waals surface area contributed by atoms with E-state index >= 15 is 0 Å². The fraction of sp³-hybridized carbons (Fsp3) is 0.105. The van der Waals surface area contributed by atoms with E-state index in [-0.39, 0.29) is 18.7 Å². The Morgan fingerprint density at radius 3 is 2.58 bits per heavy atom. The molecule has 3 rings (SSSR count). The summed E-state index contributed by atoms with van der Waals surface area (Å²) in [7, 11) is 0. The van der Waals surface area contributed by atoms with Crippen LogP contribution in [0.1, 0.15) is 21.6 Å². The van der Waals surface area contributed by atoms with Crippen LogP contribution in [0.15, 0.2) is 54.9 Å². The van der Waals surface area contributed by atoms with Crippen molar-refractivity contribution < 1.29 is 13.6 Å². The number of aromatic nitrogens is 2. The first-order chi connectivity index (χ1) is 12.5. The van der Waals surface area contributed by atoms with Crippen molar-refractivity contribution in [3.05, 3.63) is 83.3 Å². The molecule has 0 spiro atoms. The maximum absolute atomic E-state index is 14.1. The summed E-state index contributed by atoms with van der Waals surface area (Å²) in [4.78, 5) is 19.9. The van der Waals surface area contributed by atoms with Crippen molar-refractivity contribution in [2.45, 2.75) is 13.0 Å². The summed E-state index contributed by atoms with van der Waals surface area (Å²) in [5, 5.41) is 3.01. The average Bonchev–Trinajstić information content (AvgIpc) is 2.63. The highest BCUT2D eigenvalue weighted by Gasteiger charge is 2.14. The van der Waals surface area contributed by atoms with Gasteiger partial charge >= 0.3 is 0 Å². The third-order valence-electron chi connectivity index (χ3n) is 3.81. The highest BCUT2D eigenvalue weighted by Crippen LogP contribution is 2.18. The average molecular weight is 354 g/mol. The smallest absolute Gasteiger partial charge is 0.188 e. The zero-order valence-corrected chi connectivity index (χ0v) is 13.7. The SMILES string of the molecule is Nc1ncccc1NCc1cc(CC(=O)c2ncccc2F)ccc1F. The fourth-order valence-corrected chi connectivity index (χ4v) is 2.49. The van der Waals surface area contributed by atoms with E-state index in [1.54, 1.807) is 24.4 Å². The first kappa shape index (κ1) is 17.5. The number of anilines is 2. The maximum Gasteiger partial charge on any atom is 0.188 e. The number of ketones is 1. The number of nitrogen functional groups attached to an aromatic ring is 1. The summed E-state index contributed by atoms with van der Waals surface area (Å²) < 4.78 is 27.7. The van der Waals surface area contributed by atoms with Gasteiger partial charge < -0.3 is 11.1 Å². The normalized spacial score (nSPS) is 10.5. The van der Waals surface area contributed by atoms with Gasteiger partial charge in [-0.2, -0.15) is 0 Å². The zero-order chi connectivity index (χ0) is 18.5. The lowest BCUT2D eigenvalue weighted by Gasteiger charge is -2.10. The molecule has 3 N–H and O–H groups in total. The minimum absolute atomic E-state index is 0.0732. The largest absolute Gasteiger partial charge is 0.382 e. The molecule has 0 aliphatic carbocycles. The number of nitrogens with two attached hydrogens (primary N) is 1. The van der Waals surface area contributed by atoms with E-state index in [2.05, 4.69) is 15.3 Å². The number of carbonyl (C=O) groups excluding carboxylic acids is 1. The third kappa shape index (κ3) is 4.00. The molecule has 2 heterocycles. The van der Waals surface area contributed by atoms with Gasteiger partial charge in [0.05, 0.1) is 5.69 Å². The highest BCUT2D eigenvalue weighted by atomic mass is 19.1. The molecule has 26 heavy (non-hydrogen) atoms. The van der Waals surface area contributed by atoms with E-state index in [9.17, 15) is 13.6 Å². The summed E-state index contributed by atoms with van der Waals surface area (Å²) >= 11 is 0. The number of hydrogen-bond acceptors (Lipinski definition) is 5. The lowest BCUT2D eigenvalue weighted by molar-refractivity contribution is 0.0984. The molecular weight excluding hydrogens is 338 g/mol. The molecule has 0 atom stereocenters. The van der Waals surface area contributed by atoms with Crippen LogP contribution in [0.3, 0.4) is 0 Å². The third-order valence-corrected chi connectivity index (χ3v) is 3.81. The number of hydrogen-bond donors (Lipinski definition) is 2. The van der Waals surface area contributed by atoms with Crippen molar-refractivity contribution in [3.8, 4) is 0 Å². The number of nitrogens with one attached hydrogen (secondary N) is 1. The van der Waals surface area contributed by atoms with Crippen molar-refractivity contribution in [1.82, 2.24) is 9.97 Å². The van der Waals surface area contributed by atoms with E-state index in [0.717, 1.165) is 0 Å². The molecule has 0 radical (unpaired) electrons. The van der Waals surface area contributed by atoms with Crippen molar-refractivity contribution in [3.63, 3.8) is 0 Å². The molecule has 0 aliphatic heterocycles. The summed E-state index contributed by atoms with van der Waals surface area (Å²) in [6.45, 7) is 0.168. The summed E-state index contributed by atoms with van der Waals surface area (Å²) in [6, 6.07) is 10.4. The van der Waals surface area contributed by atoms with Gasteiger partial charge in [-0.25, -0.2) is 13.8 Å². The van der Waals surface area contributed by atoms with Crippen LogP contribution in [-0.2, 0) is 13.0 Å². The Hall–Kier alpha value is -3.35. The molecule has 1 aromatic carbocycles. The predicted molar refractivity (Wildman–Crippen MR) is 94.6 cm³/mol. The van der Waals surface area contributed by atoms with E-state index in [0.29, 0.717) is 22.6 Å². The molecule has 0 saturated heterocycles. The van der Waals surface area contributed by atoms with Gasteiger partial charge in [-0.15, -0.1) is 0 Å². The van der Waals surface area contributed by atoms with Crippen LogP contribution < -0.4 is 11.1 Å². The Labute approximate surface area is 148 Å². The highest BCUT2D eigenvalue weighted by molar-refractivity contribution is 5.95. The van der Waals surface area contributed by atoms with Crippen LogP contribution in [0.5, 0.6) is 0 Å². The Kier molecular flexibility index (Phi) is 5.17. The molecule has 0 amide bonds. The van der Waals surface area contributed by atoms with E-state index in [1.807, 2.05) is 0 Å². The monoisotopic (exact) mass is 354 g/mol. The van der Waals surface area contributed by atoms with Gasteiger partial charge in [-0.05, 0) is 35.9 Å². The Morgan fingerprint density at radius 2 is 1.81 bits per heavy atom. The van der Waals surface area contributed by atoms with Crippen molar-refractivity contribution >= 4 is 17.3 Å². The second kappa shape index (κ2) is 7.69. The summed E-state index contributed by atoms with van der Waals surface area (Å²) in [5.41, 5.74) is 7.04. The molecule has 7 heteroatoms. The standard InChI is InChI=1S/C19H16F2N4O/c20-14-6-5-12(10-17(26)18-15(21)3-1-7-23-18)9-13(14)11-25-16-4-2-8-24-19(16)22/h1-9,25H,10-11H2,(H2,22,24). The molecule has 3 aromatic rings. The fourth-order valence-electron chi connectivity index (χ4n) is 2.49. The van der Waals surface area contributed by atoms with Gasteiger partial charge in [-0.3, -0.25) is 9.78 Å². The number of Topliss-reactive ketones (excluding diaryl/α,β-unsaturated/α-hetero) is 1. The quantitative estimate of drug-likeness (QED) is 0.663. The molecule has 132 valence electrons. The topological polar surface area (TPSA) is 80.9 Å². The van der Waals surface area contributed by atoms with Crippen LogP contribution >= 0.6 is 0 Å². The number of pyridine rings is 2. The number of carbonyl (C=O) groups is 1. The van der Waals surface area contributed by atoms with Crippen LogP contribution in [0.2, 0.25) is 0 Å². The molecule has 2 aromatic heterocycles. The Balaban J connectivity index is 1.74. The first-order valence-corrected chi connectivity index (χ1v) is 7.90. The molecule has 0 bridgehead atoms. The second-order valence-corrected chi connectivity index (χ2v) is 5.65. The summed E-state index contributed by atoms with van der Waals surface area (Å²) in [6.07, 6.45) is 2.84. The first-order valence-electron chi connectivity index (χ1n) is 7.90. The van der Waals surface area contributed by atoms with Gasteiger partial charge in [0, 0.05) is 30.9 Å². The van der Waals surface area contributed by atoms with Crippen molar-refractivity contribution in [2.75, 3.05) is 11.1 Å². The van der Waals surface area contributed by atoms with Gasteiger partial charge in [0.2, 0.25) is 0 Å². The lowest BCUT2D eigenvalue weighted by Crippen LogP contribution is -2.10. The van der Waals surface area contributed by atoms with Crippen molar-refractivity contribution in [2.24, 2.45) is 0 Å². The second-order valence-electron chi connectivity index (χ2n) is 5.65. The Bertz CT molecular complexity index is 946. The number of halogens is 2. The van der Waals surface area contributed by atoms with E-state index < -0.39 is 17.4 Å². The molecule has 0 aliphatic rings. The molecule has 5 nitrogen and oxygen atoms in total. The molecule has 0 saturated carbocycles. The van der Waals surface area contributed by atoms with Crippen LogP contribution in [0, 0.1) is 11.6 Å². The summed E-state index contributed by atoms with van der Waals surface area (Å²) in [5.74, 6) is -1.25. The van der Waals surface area contributed by atoms with Gasteiger partial charge in [0.1, 0.15) is 17.3 Å². The molecule has 0 fully saturated rings. The van der Waals surface area contributed by atoms with E-state index in [4.69, 9.17) is 5.73 Å². The lowest BCUT2D eigenvalue weighted by atomic mass is 10.0. The van der Waals surface area contributed by atoms with E-state index in [1.165, 1.54) is 30.5 Å². The van der Waals surface area contributed by atoms with Crippen LogP contribution in [-0.4, -0.2) is 15.8 Å². The number of benzene rings is 1. The number of rotatable bonds is 6. The van der Waals surface area contributed by atoms with Crippen LogP contribution in [0.4, 0.5) is 20.3 Å². The Morgan fingerprint density at radius 1 is 1.04 bits per heavy atom. The van der Waals surface area contributed by atoms with Gasteiger partial charge in [0.25, 0.3) is 0 Å². The minimum Gasteiger partial charge on any atom is -0.382 e. The maximum atomic E-state index is 14.1. The molecule has 0 unspecified atom stereocenters.